The van der Waals surface area contributed by atoms with Crippen molar-refractivity contribution in [1.82, 2.24) is 19.9 Å². The van der Waals surface area contributed by atoms with Crippen molar-refractivity contribution in [2.24, 2.45) is 0 Å². The first-order chi connectivity index (χ1) is 20.8. The molecule has 2 saturated heterocycles. The monoisotopic (exact) mass is 638 g/mol. The molecule has 0 amide bonds. The van der Waals surface area contributed by atoms with Gasteiger partial charge in [0.05, 0.1) is 27.4 Å². The van der Waals surface area contributed by atoms with Gasteiger partial charge in [-0.3, -0.25) is 4.90 Å². The molecule has 0 spiro atoms. The second kappa shape index (κ2) is 10.3. The summed E-state index contributed by atoms with van der Waals surface area (Å²) in [6, 6.07) is 2.23. The standard InChI is InChI=1S/C29H28F6N6O2S/c1-40(14-7-15(42)8-14)25-17-9-18(29(33,34)35)20(16-3-4-19(31)24-23(16)37-26(36)44-24)21(32)22(17)38-27(39-25)43-12-28-5-2-6-41(28)11-13(30)10-28/h3-4,9,13-15,42H,2,5-8,10-12H2,1H3,(H2,36,37). The molecule has 15 heteroatoms. The Bertz CT molecular complexity index is 1780. The molecule has 4 aromatic rings. The van der Waals surface area contributed by atoms with E-state index in [0.29, 0.717) is 25.8 Å². The number of benzene rings is 2. The molecule has 3 N–H and O–H groups in total. The fourth-order valence-electron chi connectivity index (χ4n) is 6.90. The number of ether oxygens (including phenoxy) is 1. The van der Waals surface area contributed by atoms with Crippen molar-refractivity contribution in [2.75, 3.05) is 37.4 Å². The van der Waals surface area contributed by atoms with E-state index in [1.807, 2.05) is 4.90 Å². The molecule has 8 nitrogen and oxygen atoms in total. The van der Waals surface area contributed by atoms with Gasteiger partial charge in [-0.05, 0) is 50.4 Å². The quantitative estimate of drug-likeness (QED) is 0.260. The highest BCUT2D eigenvalue weighted by Gasteiger charge is 2.49. The topological polar surface area (TPSA) is 101 Å². The van der Waals surface area contributed by atoms with Crippen LogP contribution in [-0.4, -0.2) is 75.6 Å². The Morgan fingerprint density at radius 1 is 1.18 bits per heavy atom. The molecule has 2 aromatic heterocycles. The van der Waals surface area contributed by atoms with Crippen LogP contribution in [0.1, 0.15) is 37.7 Å². The van der Waals surface area contributed by atoms with E-state index in [4.69, 9.17) is 10.5 Å². The SMILES string of the molecule is CN(c1nc(OCC23CCCN2CC(F)C3)nc2c(F)c(-c3ccc(F)c4sc(N)nc34)c(C(F)(F)F)cc12)C1CC(O)C1. The van der Waals surface area contributed by atoms with Crippen molar-refractivity contribution < 1.29 is 36.2 Å². The van der Waals surface area contributed by atoms with Crippen LogP contribution in [0.15, 0.2) is 18.2 Å². The molecule has 234 valence electrons. The minimum Gasteiger partial charge on any atom is -0.461 e. The van der Waals surface area contributed by atoms with Gasteiger partial charge in [0.1, 0.15) is 29.9 Å². The normalized spacial score (nSPS) is 25.5. The number of rotatable bonds is 6. The number of thiazole rings is 1. The Morgan fingerprint density at radius 3 is 2.68 bits per heavy atom. The highest BCUT2D eigenvalue weighted by molar-refractivity contribution is 7.22. The molecule has 2 atom stereocenters. The molecule has 1 saturated carbocycles. The van der Waals surface area contributed by atoms with Crippen molar-refractivity contribution in [2.45, 2.75) is 62.1 Å². The molecule has 44 heavy (non-hydrogen) atoms. The molecule has 2 aliphatic heterocycles. The van der Waals surface area contributed by atoms with E-state index in [-0.39, 0.29) is 63.7 Å². The maximum atomic E-state index is 16.7. The fraction of sp³-hybridized carbons (Fsp3) is 0.483. The van der Waals surface area contributed by atoms with Crippen LogP contribution >= 0.6 is 11.3 Å². The number of aliphatic hydroxyl groups is 1. The predicted molar refractivity (Wildman–Crippen MR) is 153 cm³/mol. The van der Waals surface area contributed by atoms with E-state index in [1.54, 1.807) is 11.9 Å². The average molecular weight is 639 g/mol. The molecule has 1 aliphatic carbocycles. The van der Waals surface area contributed by atoms with Crippen LogP contribution in [0.4, 0.5) is 37.3 Å². The molecular formula is C29H28F6N6O2S. The van der Waals surface area contributed by atoms with Crippen molar-refractivity contribution >= 4 is 43.4 Å². The van der Waals surface area contributed by atoms with Crippen molar-refractivity contribution in [3.05, 3.63) is 35.4 Å². The van der Waals surface area contributed by atoms with Crippen LogP contribution in [0, 0.1) is 11.6 Å². The van der Waals surface area contributed by atoms with Crippen molar-refractivity contribution in [3.63, 3.8) is 0 Å². The molecular weight excluding hydrogens is 610 g/mol. The van der Waals surface area contributed by atoms with Gasteiger partial charge in [0.25, 0.3) is 0 Å². The highest BCUT2D eigenvalue weighted by Crippen LogP contribution is 2.47. The first-order valence-corrected chi connectivity index (χ1v) is 15.1. The van der Waals surface area contributed by atoms with Gasteiger partial charge in [0, 0.05) is 42.6 Å². The Labute approximate surface area is 251 Å². The van der Waals surface area contributed by atoms with Gasteiger partial charge in [0.15, 0.2) is 10.9 Å². The number of nitrogen functional groups attached to an aromatic ring is 1. The lowest BCUT2D eigenvalue weighted by atomic mass is 9.88. The molecule has 0 bridgehead atoms. The van der Waals surface area contributed by atoms with Crippen molar-refractivity contribution in [3.8, 4) is 17.1 Å². The minimum absolute atomic E-state index is 0.00410. The smallest absolute Gasteiger partial charge is 0.417 e. The molecule has 2 aromatic carbocycles. The lowest BCUT2D eigenvalue weighted by Gasteiger charge is -2.39. The maximum Gasteiger partial charge on any atom is 0.417 e. The number of aromatic nitrogens is 3. The summed E-state index contributed by atoms with van der Waals surface area (Å²) in [5.74, 6) is -2.06. The van der Waals surface area contributed by atoms with Gasteiger partial charge in [-0.2, -0.15) is 23.1 Å². The largest absolute Gasteiger partial charge is 0.461 e. The second-order valence-corrected chi connectivity index (χ2v) is 12.9. The Hall–Kier alpha value is -3.43. The zero-order valence-corrected chi connectivity index (χ0v) is 24.3. The summed E-state index contributed by atoms with van der Waals surface area (Å²) in [6.07, 6.45) is -4.11. The molecule has 0 radical (unpaired) electrons. The van der Waals surface area contributed by atoms with Gasteiger partial charge in [0.2, 0.25) is 0 Å². The van der Waals surface area contributed by atoms with Gasteiger partial charge >= 0.3 is 12.2 Å². The van der Waals surface area contributed by atoms with Crippen molar-refractivity contribution in [1.29, 1.82) is 0 Å². The maximum absolute atomic E-state index is 16.7. The summed E-state index contributed by atoms with van der Waals surface area (Å²) in [7, 11) is 1.60. The van der Waals surface area contributed by atoms with E-state index in [1.165, 1.54) is 0 Å². The van der Waals surface area contributed by atoms with E-state index in [0.717, 1.165) is 36.0 Å². The number of anilines is 2. The Morgan fingerprint density at radius 2 is 1.95 bits per heavy atom. The molecule has 7 rings (SSSR count). The lowest BCUT2D eigenvalue weighted by molar-refractivity contribution is -0.137. The van der Waals surface area contributed by atoms with Gasteiger partial charge < -0.3 is 20.5 Å². The number of nitrogens with zero attached hydrogens (tertiary/aromatic N) is 5. The van der Waals surface area contributed by atoms with Crippen LogP contribution in [0.5, 0.6) is 6.01 Å². The summed E-state index contributed by atoms with van der Waals surface area (Å²) in [6.45, 7) is 1.02. The summed E-state index contributed by atoms with van der Waals surface area (Å²) in [5.41, 5.74) is 2.08. The Balaban J connectivity index is 1.42. The summed E-state index contributed by atoms with van der Waals surface area (Å²) < 4.78 is 95.4. The summed E-state index contributed by atoms with van der Waals surface area (Å²) >= 11 is 0.742. The third-order valence-electron chi connectivity index (χ3n) is 9.18. The highest BCUT2D eigenvalue weighted by atomic mass is 32.1. The summed E-state index contributed by atoms with van der Waals surface area (Å²) in [5, 5.41) is 9.59. The van der Waals surface area contributed by atoms with E-state index >= 15 is 4.39 Å². The number of alkyl halides is 4. The second-order valence-electron chi connectivity index (χ2n) is 11.9. The first-order valence-electron chi connectivity index (χ1n) is 14.2. The molecule has 3 aliphatic rings. The summed E-state index contributed by atoms with van der Waals surface area (Å²) in [4.78, 5) is 16.3. The fourth-order valence-corrected chi connectivity index (χ4v) is 7.66. The van der Waals surface area contributed by atoms with E-state index < -0.39 is 52.3 Å². The molecule has 4 heterocycles. The number of hydrogen-bond donors (Lipinski definition) is 2. The van der Waals surface area contributed by atoms with E-state index in [9.17, 15) is 27.1 Å². The number of hydrogen-bond acceptors (Lipinski definition) is 9. The number of halogens is 6. The first kappa shape index (κ1) is 29.3. The Kier molecular flexibility index (Phi) is 6.86. The van der Waals surface area contributed by atoms with Gasteiger partial charge in [-0.15, -0.1) is 0 Å². The zero-order chi connectivity index (χ0) is 31.1. The third kappa shape index (κ3) is 4.70. The number of fused-ring (bicyclic) bond motifs is 3. The number of aliphatic hydroxyl groups excluding tert-OH is 1. The van der Waals surface area contributed by atoms with E-state index in [2.05, 4.69) is 15.0 Å². The third-order valence-corrected chi connectivity index (χ3v) is 10.1. The van der Waals surface area contributed by atoms with Crippen LogP contribution < -0.4 is 15.4 Å². The van der Waals surface area contributed by atoms with Crippen LogP contribution in [-0.2, 0) is 6.18 Å². The molecule has 2 unspecified atom stereocenters. The average Bonchev–Trinajstić information content (AvgIpc) is 3.61. The lowest BCUT2D eigenvalue weighted by Crippen LogP contribution is -2.46. The van der Waals surface area contributed by atoms with Crippen LogP contribution in [0.3, 0.4) is 0 Å². The van der Waals surface area contributed by atoms with Gasteiger partial charge in [-0.25, -0.2) is 18.2 Å². The van der Waals surface area contributed by atoms with Crippen LogP contribution in [0.2, 0.25) is 0 Å². The predicted octanol–water partition coefficient (Wildman–Crippen LogP) is 5.70. The van der Waals surface area contributed by atoms with Gasteiger partial charge in [-0.1, -0.05) is 11.3 Å². The molecule has 3 fully saturated rings. The number of nitrogens with two attached hydrogens (primary N) is 1. The van der Waals surface area contributed by atoms with Crippen LogP contribution in [0.25, 0.3) is 32.2 Å². The minimum atomic E-state index is -5.03. The zero-order valence-electron chi connectivity index (χ0n) is 23.5.